The molecule has 1 saturated heterocycles. The number of nitrogens with one attached hydrogen (secondary N) is 1. The van der Waals surface area contributed by atoms with Crippen molar-refractivity contribution in [2.75, 3.05) is 20.2 Å². The van der Waals surface area contributed by atoms with Crippen molar-refractivity contribution < 1.29 is 13.9 Å². The minimum atomic E-state index is -0.540. The number of piperidine rings is 1. The molecule has 0 unspecified atom stereocenters. The van der Waals surface area contributed by atoms with E-state index in [-0.39, 0.29) is 17.1 Å². The van der Waals surface area contributed by atoms with Gasteiger partial charge in [-0.05, 0) is 44.5 Å². The number of rotatable bonds is 4. The van der Waals surface area contributed by atoms with Gasteiger partial charge in [0.1, 0.15) is 0 Å². The van der Waals surface area contributed by atoms with Gasteiger partial charge in [0.05, 0.1) is 12.7 Å². The highest BCUT2D eigenvalue weighted by atomic mass is 19.1. The largest absolute Gasteiger partial charge is 0.494 e. The van der Waals surface area contributed by atoms with E-state index in [0.29, 0.717) is 0 Å². The molecule has 1 N–H and O–H groups in total. The van der Waals surface area contributed by atoms with Gasteiger partial charge in [-0.25, -0.2) is 4.39 Å². The summed E-state index contributed by atoms with van der Waals surface area (Å²) in [6, 6.07) is 4.76. The molecule has 19 heavy (non-hydrogen) atoms. The van der Waals surface area contributed by atoms with Gasteiger partial charge in [-0.15, -0.1) is 0 Å². The number of carbonyl (C=O) groups is 1. The van der Waals surface area contributed by atoms with Crippen LogP contribution in [-0.4, -0.2) is 26.0 Å². The van der Waals surface area contributed by atoms with E-state index in [0.717, 1.165) is 32.4 Å². The zero-order valence-electron chi connectivity index (χ0n) is 11.5. The summed E-state index contributed by atoms with van der Waals surface area (Å²) < 4.78 is 19.2. The van der Waals surface area contributed by atoms with Crippen LogP contribution >= 0.6 is 0 Å². The maximum atomic E-state index is 14.2. The second kappa shape index (κ2) is 5.70. The highest BCUT2D eigenvalue weighted by Crippen LogP contribution is 2.37. The van der Waals surface area contributed by atoms with E-state index in [2.05, 4.69) is 5.32 Å². The Hall–Kier alpha value is -1.42. The Labute approximate surface area is 113 Å². The molecule has 0 radical (unpaired) electrons. The molecule has 1 heterocycles. The Kier molecular flexibility index (Phi) is 4.20. The van der Waals surface area contributed by atoms with Crippen molar-refractivity contribution in [3.63, 3.8) is 0 Å². The first kappa shape index (κ1) is 14.0. The summed E-state index contributed by atoms with van der Waals surface area (Å²) in [6.07, 6.45) is 2.27. The molecule has 3 nitrogen and oxygen atoms in total. The molecule has 0 aromatic heterocycles. The van der Waals surface area contributed by atoms with Crippen LogP contribution in [0.5, 0.6) is 5.75 Å². The Morgan fingerprint density at radius 2 is 2.11 bits per heavy atom. The molecule has 0 saturated carbocycles. The molecule has 1 aromatic rings. The smallest absolute Gasteiger partial charge is 0.175 e. The van der Waals surface area contributed by atoms with Gasteiger partial charge in [0.25, 0.3) is 0 Å². The number of benzene rings is 1. The van der Waals surface area contributed by atoms with Gasteiger partial charge < -0.3 is 10.1 Å². The van der Waals surface area contributed by atoms with Crippen LogP contribution in [0.15, 0.2) is 18.2 Å². The normalized spacial score (nSPS) is 18.1. The number of ketones is 1. The fourth-order valence-electron chi connectivity index (χ4n) is 2.78. The molecular formula is C15H20FNO2. The van der Waals surface area contributed by atoms with Crippen LogP contribution in [-0.2, 0) is 0 Å². The van der Waals surface area contributed by atoms with Gasteiger partial charge in [0.15, 0.2) is 17.3 Å². The summed E-state index contributed by atoms with van der Waals surface area (Å²) in [5, 5.41) is 3.25. The average molecular weight is 265 g/mol. The third kappa shape index (κ3) is 2.50. The number of carbonyl (C=O) groups excluding carboxylic acids is 1. The molecule has 1 aliphatic heterocycles. The molecule has 104 valence electrons. The lowest BCUT2D eigenvalue weighted by atomic mass is 9.71. The Morgan fingerprint density at radius 3 is 2.68 bits per heavy atom. The van der Waals surface area contributed by atoms with E-state index in [4.69, 9.17) is 4.74 Å². The van der Waals surface area contributed by atoms with Crippen molar-refractivity contribution in [1.82, 2.24) is 5.32 Å². The molecular weight excluding hydrogens is 245 g/mol. The predicted octanol–water partition coefficient (Wildman–Crippen LogP) is 2.80. The first-order valence-corrected chi connectivity index (χ1v) is 6.72. The standard InChI is InChI=1S/C15H20FNO2/c1-3-15(7-9-17-10-8-15)14(18)11-5-4-6-12(19-2)13(11)16/h4-6,17H,3,7-10H2,1-2H3. The van der Waals surface area contributed by atoms with Crippen LogP contribution in [0.25, 0.3) is 0 Å². The first-order valence-electron chi connectivity index (χ1n) is 6.72. The lowest BCUT2D eigenvalue weighted by Crippen LogP contribution is -2.42. The maximum Gasteiger partial charge on any atom is 0.175 e. The first-order chi connectivity index (χ1) is 9.14. The molecule has 0 aliphatic carbocycles. The lowest BCUT2D eigenvalue weighted by molar-refractivity contribution is 0.0712. The molecule has 0 amide bonds. The van der Waals surface area contributed by atoms with E-state index < -0.39 is 11.2 Å². The second-order valence-electron chi connectivity index (χ2n) is 5.03. The molecule has 1 fully saturated rings. The number of methoxy groups -OCH3 is 1. The van der Waals surface area contributed by atoms with Crippen LogP contribution in [0.1, 0.15) is 36.5 Å². The van der Waals surface area contributed by atoms with Crippen molar-refractivity contribution >= 4 is 5.78 Å². The third-order valence-corrected chi connectivity index (χ3v) is 4.15. The Bertz CT molecular complexity index is 467. The highest BCUT2D eigenvalue weighted by Gasteiger charge is 2.39. The predicted molar refractivity (Wildman–Crippen MR) is 72.1 cm³/mol. The zero-order valence-corrected chi connectivity index (χ0v) is 11.5. The number of ether oxygens (including phenoxy) is 1. The molecule has 0 spiro atoms. The van der Waals surface area contributed by atoms with Crippen LogP contribution < -0.4 is 10.1 Å². The Balaban J connectivity index is 2.37. The van der Waals surface area contributed by atoms with E-state index >= 15 is 0 Å². The van der Waals surface area contributed by atoms with Gasteiger partial charge >= 0.3 is 0 Å². The third-order valence-electron chi connectivity index (χ3n) is 4.15. The van der Waals surface area contributed by atoms with Crippen molar-refractivity contribution in [2.24, 2.45) is 5.41 Å². The topological polar surface area (TPSA) is 38.3 Å². The molecule has 2 rings (SSSR count). The van der Waals surface area contributed by atoms with Crippen LogP contribution in [0, 0.1) is 11.2 Å². The summed E-state index contributed by atoms with van der Waals surface area (Å²) >= 11 is 0. The van der Waals surface area contributed by atoms with Gasteiger partial charge in [-0.1, -0.05) is 13.0 Å². The van der Waals surface area contributed by atoms with E-state index in [1.165, 1.54) is 13.2 Å². The van der Waals surface area contributed by atoms with Gasteiger partial charge in [-0.3, -0.25) is 4.79 Å². The fraction of sp³-hybridized carbons (Fsp3) is 0.533. The molecule has 1 aliphatic rings. The number of hydrogen-bond donors (Lipinski definition) is 1. The summed E-state index contributed by atoms with van der Waals surface area (Å²) in [4.78, 5) is 12.7. The van der Waals surface area contributed by atoms with Gasteiger partial charge in [-0.2, -0.15) is 0 Å². The maximum absolute atomic E-state index is 14.2. The molecule has 0 atom stereocenters. The van der Waals surface area contributed by atoms with Crippen molar-refractivity contribution in [3.05, 3.63) is 29.6 Å². The highest BCUT2D eigenvalue weighted by molar-refractivity contribution is 6.01. The van der Waals surface area contributed by atoms with Crippen molar-refractivity contribution in [1.29, 1.82) is 0 Å². The van der Waals surface area contributed by atoms with Gasteiger partial charge in [0, 0.05) is 5.41 Å². The van der Waals surface area contributed by atoms with Crippen LogP contribution in [0.2, 0.25) is 0 Å². The zero-order chi connectivity index (χ0) is 13.9. The van der Waals surface area contributed by atoms with Gasteiger partial charge in [0.2, 0.25) is 0 Å². The second-order valence-corrected chi connectivity index (χ2v) is 5.03. The number of halogens is 1. The average Bonchev–Trinajstić information content (AvgIpc) is 2.47. The summed E-state index contributed by atoms with van der Waals surface area (Å²) in [5.74, 6) is -0.500. The summed E-state index contributed by atoms with van der Waals surface area (Å²) in [7, 11) is 1.41. The quantitative estimate of drug-likeness (QED) is 0.851. The molecule has 4 heteroatoms. The van der Waals surface area contributed by atoms with Crippen molar-refractivity contribution in [2.45, 2.75) is 26.2 Å². The Morgan fingerprint density at radius 1 is 1.42 bits per heavy atom. The van der Waals surface area contributed by atoms with Crippen LogP contribution in [0.3, 0.4) is 0 Å². The fourth-order valence-corrected chi connectivity index (χ4v) is 2.78. The number of Topliss-reactive ketones (excluding diaryl/α,β-unsaturated/α-hetero) is 1. The van der Waals surface area contributed by atoms with E-state index in [9.17, 15) is 9.18 Å². The number of hydrogen-bond acceptors (Lipinski definition) is 3. The lowest BCUT2D eigenvalue weighted by Gasteiger charge is -2.35. The van der Waals surface area contributed by atoms with Crippen LogP contribution in [0.4, 0.5) is 4.39 Å². The van der Waals surface area contributed by atoms with Crippen molar-refractivity contribution in [3.8, 4) is 5.75 Å². The van der Waals surface area contributed by atoms with E-state index in [1.54, 1.807) is 12.1 Å². The van der Waals surface area contributed by atoms with E-state index in [1.807, 2.05) is 6.92 Å². The summed E-state index contributed by atoms with van der Waals surface area (Å²) in [6.45, 7) is 3.62. The SMILES string of the molecule is CCC1(C(=O)c2cccc(OC)c2F)CCNCC1. The molecule has 1 aromatic carbocycles. The monoisotopic (exact) mass is 265 g/mol. The minimum absolute atomic E-state index is 0.0899. The summed E-state index contributed by atoms with van der Waals surface area (Å²) in [5.41, 5.74) is -0.276. The minimum Gasteiger partial charge on any atom is -0.494 e. The molecule has 0 bridgehead atoms.